The summed E-state index contributed by atoms with van der Waals surface area (Å²) in [6.07, 6.45) is 1.79. The summed E-state index contributed by atoms with van der Waals surface area (Å²) in [6.45, 7) is 5.63. The first-order valence-corrected chi connectivity index (χ1v) is 11.2. The minimum atomic E-state index is -3.87. The van der Waals surface area contributed by atoms with Crippen LogP contribution in [0.25, 0.3) is 0 Å². The van der Waals surface area contributed by atoms with Gasteiger partial charge >= 0.3 is 0 Å². The van der Waals surface area contributed by atoms with Crippen LogP contribution < -0.4 is 10.1 Å². The van der Waals surface area contributed by atoms with Gasteiger partial charge in [0.05, 0.1) is 18.6 Å². The van der Waals surface area contributed by atoms with E-state index in [9.17, 15) is 13.2 Å². The zero-order valence-corrected chi connectivity index (χ0v) is 18.3. The fourth-order valence-electron chi connectivity index (χ4n) is 3.16. The van der Waals surface area contributed by atoms with Crippen molar-refractivity contribution in [3.8, 4) is 5.75 Å². The van der Waals surface area contributed by atoms with Crippen LogP contribution in [0.3, 0.4) is 0 Å². The molecule has 7 heteroatoms. The Bertz CT molecular complexity index is 914. The van der Waals surface area contributed by atoms with Crippen LogP contribution in [-0.4, -0.2) is 38.3 Å². The zero-order chi connectivity index (χ0) is 21.4. The fraction of sp³-hybridized carbons (Fsp3) is 0.409. The molecule has 0 heterocycles. The van der Waals surface area contributed by atoms with Crippen LogP contribution in [0.4, 0.5) is 0 Å². The summed E-state index contributed by atoms with van der Waals surface area (Å²) < 4.78 is 33.1. The third-order valence-electron chi connectivity index (χ3n) is 4.65. The Morgan fingerprint density at radius 2 is 1.86 bits per heavy atom. The van der Waals surface area contributed by atoms with Crippen LogP contribution in [0, 0.1) is 6.92 Å². The van der Waals surface area contributed by atoms with E-state index in [1.165, 1.54) is 10.4 Å². The first-order valence-electron chi connectivity index (χ1n) is 9.76. The molecule has 6 nitrogen and oxygen atoms in total. The molecule has 1 N–H and O–H groups in total. The van der Waals surface area contributed by atoms with Crippen molar-refractivity contribution in [1.82, 2.24) is 9.62 Å². The number of amides is 1. The first kappa shape index (κ1) is 22.9. The Labute approximate surface area is 173 Å². The Morgan fingerprint density at radius 3 is 2.45 bits per heavy atom. The van der Waals surface area contributed by atoms with Crippen LogP contribution in [0.5, 0.6) is 5.75 Å². The van der Waals surface area contributed by atoms with Crippen molar-refractivity contribution in [3.05, 3.63) is 59.7 Å². The SMILES string of the molecule is CCC[C@H](C)NC(=O)CN(Cc1ccccc1)S(=O)(=O)c1ccc(OC)c(C)c1. The molecule has 0 saturated heterocycles. The van der Waals surface area contributed by atoms with Gasteiger partial charge < -0.3 is 10.1 Å². The average molecular weight is 419 g/mol. The molecule has 158 valence electrons. The number of nitrogens with one attached hydrogen (secondary N) is 1. The normalized spacial score (nSPS) is 12.6. The molecule has 2 aromatic rings. The topological polar surface area (TPSA) is 75.7 Å². The highest BCUT2D eigenvalue weighted by atomic mass is 32.2. The summed E-state index contributed by atoms with van der Waals surface area (Å²) in [4.78, 5) is 12.7. The maximum absolute atomic E-state index is 13.3. The molecular formula is C22H30N2O4S. The van der Waals surface area contributed by atoms with Gasteiger partial charge in [-0.25, -0.2) is 8.42 Å². The van der Waals surface area contributed by atoms with Gasteiger partial charge in [0.2, 0.25) is 15.9 Å². The van der Waals surface area contributed by atoms with Crippen molar-refractivity contribution in [3.63, 3.8) is 0 Å². The molecule has 1 atom stereocenters. The van der Waals surface area contributed by atoms with E-state index in [2.05, 4.69) is 5.32 Å². The second kappa shape index (κ2) is 10.4. The number of hydrogen-bond donors (Lipinski definition) is 1. The predicted octanol–water partition coefficient (Wildman–Crippen LogP) is 3.50. The molecule has 0 aliphatic carbocycles. The van der Waals surface area contributed by atoms with Gasteiger partial charge in [-0.1, -0.05) is 43.7 Å². The fourth-order valence-corrected chi connectivity index (χ4v) is 4.63. The number of aryl methyl sites for hydroxylation is 1. The molecule has 29 heavy (non-hydrogen) atoms. The van der Waals surface area contributed by atoms with Gasteiger partial charge in [-0.15, -0.1) is 0 Å². The van der Waals surface area contributed by atoms with Gasteiger partial charge in [0.15, 0.2) is 0 Å². The molecule has 0 spiro atoms. The van der Waals surface area contributed by atoms with Crippen LogP contribution in [0.15, 0.2) is 53.4 Å². The van der Waals surface area contributed by atoms with E-state index in [0.29, 0.717) is 11.3 Å². The number of hydrogen-bond acceptors (Lipinski definition) is 4. The molecule has 0 radical (unpaired) electrons. The van der Waals surface area contributed by atoms with Gasteiger partial charge in [0, 0.05) is 12.6 Å². The number of sulfonamides is 1. The highest BCUT2D eigenvalue weighted by molar-refractivity contribution is 7.89. The Hall–Kier alpha value is -2.38. The number of rotatable bonds is 10. The molecular weight excluding hydrogens is 388 g/mol. The van der Waals surface area contributed by atoms with Crippen LogP contribution in [0.2, 0.25) is 0 Å². The second-order valence-corrected chi connectivity index (χ2v) is 9.09. The molecule has 2 aromatic carbocycles. The van der Waals surface area contributed by atoms with Gasteiger partial charge in [-0.05, 0) is 49.6 Å². The monoisotopic (exact) mass is 418 g/mol. The lowest BCUT2D eigenvalue weighted by Crippen LogP contribution is -2.43. The Balaban J connectivity index is 2.32. The number of carbonyl (C=O) groups is 1. The largest absolute Gasteiger partial charge is 0.496 e. The van der Waals surface area contributed by atoms with E-state index in [-0.39, 0.29) is 29.9 Å². The predicted molar refractivity (Wildman–Crippen MR) is 114 cm³/mol. The molecule has 0 saturated carbocycles. The minimum absolute atomic E-state index is 0.00277. The summed E-state index contributed by atoms with van der Waals surface area (Å²) in [5.74, 6) is 0.306. The van der Waals surface area contributed by atoms with E-state index < -0.39 is 10.0 Å². The maximum Gasteiger partial charge on any atom is 0.243 e. The smallest absolute Gasteiger partial charge is 0.243 e. The lowest BCUT2D eigenvalue weighted by atomic mass is 10.2. The third-order valence-corrected chi connectivity index (χ3v) is 6.44. The molecule has 0 fully saturated rings. The van der Waals surface area contributed by atoms with E-state index >= 15 is 0 Å². The average Bonchev–Trinajstić information content (AvgIpc) is 2.68. The number of methoxy groups -OCH3 is 1. The van der Waals surface area contributed by atoms with Crippen LogP contribution in [-0.2, 0) is 21.4 Å². The highest BCUT2D eigenvalue weighted by Gasteiger charge is 2.27. The third kappa shape index (κ3) is 6.30. The molecule has 2 rings (SSSR count). The summed E-state index contributed by atoms with van der Waals surface area (Å²) >= 11 is 0. The molecule has 0 aliphatic rings. The number of benzene rings is 2. The van der Waals surface area contributed by atoms with Gasteiger partial charge in [0.1, 0.15) is 5.75 Å². The van der Waals surface area contributed by atoms with Crippen molar-refractivity contribution in [1.29, 1.82) is 0 Å². The summed E-state index contributed by atoms with van der Waals surface area (Å²) in [5.41, 5.74) is 1.53. The lowest BCUT2D eigenvalue weighted by Gasteiger charge is -2.23. The molecule has 0 unspecified atom stereocenters. The van der Waals surface area contributed by atoms with Crippen molar-refractivity contribution in [2.24, 2.45) is 0 Å². The van der Waals surface area contributed by atoms with E-state index in [1.807, 2.05) is 44.2 Å². The Kier molecular flexibility index (Phi) is 8.22. The molecule has 0 aromatic heterocycles. The van der Waals surface area contributed by atoms with Crippen LogP contribution in [0.1, 0.15) is 37.8 Å². The number of ether oxygens (including phenoxy) is 1. The van der Waals surface area contributed by atoms with Crippen molar-refractivity contribution >= 4 is 15.9 Å². The lowest BCUT2D eigenvalue weighted by molar-refractivity contribution is -0.122. The summed E-state index contributed by atoms with van der Waals surface area (Å²) in [7, 11) is -2.33. The molecule has 0 bridgehead atoms. The zero-order valence-electron chi connectivity index (χ0n) is 17.5. The summed E-state index contributed by atoms with van der Waals surface area (Å²) in [5, 5.41) is 2.89. The van der Waals surface area contributed by atoms with Gasteiger partial charge in [-0.2, -0.15) is 4.31 Å². The minimum Gasteiger partial charge on any atom is -0.496 e. The Morgan fingerprint density at radius 1 is 1.17 bits per heavy atom. The number of carbonyl (C=O) groups excluding carboxylic acids is 1. The van der Waals surface area contributed by atoms with E-state index in [1.54, 1.807) is 26.2 Å². The van der Waals surface area contributed by atoms with Gasteiger partial charge in [-0.3, -0.25) is 4.79 Å². The van der Waals surface area contributed by atoms with Crippen molar-refractivity contribution < 1.29 is 17.9 Å². The van der Waals surface area contributed by atoms with Crippen molar-refractivity contribution in [2.45, 2.75) is 51.1 Å². The van der Waals surface area contributed by atoms with E-state index in [4.69, 9.17) is 4.74 Å². The standard InChI is InChI=1S/C22H30N2O4S/c1-5-9-18(3)23-22(25)16-24(15-19-10-7-6-8-11-19)29(26,27)20-12-13-21(28-4)17(2)14-20/h6-8,10-14,18H,5,9,15-16H2,1-4H3,(H,23,25)/t18-/m0/s1. The highest BCUT2D eigenvalue weighted by Crippen LogP contribution is 2.24. The van der Waals surface area contributed by atoms with Crippen LogP contribution >= 0.6 is 0 Å². The molecule has 1 amide bonds. The van der Waals surface area contributed by atoms with Crippen molar-refractivity contribution in [2.75, 3.05) is 13.7 Å². The second-order valence-electron chi connectivity index (χ2n) is 7.15. The number of nitrogens with zero attached hydrogens (tertiary/aromatic N) is 1. The van der Waals surface area contributed by atoms with E-state index in [0.717, 1.165) is 18.4 Å². The molecule has 0 aliphatic heterocycles. The quantitative estimate of drug-likeness (QED) is 0.641. The first-order chi connectivity index (χ1) is 13.8. The van der Waals surface area contributed by atoms with Gasteiger partial charge in [0.25, 0.3) is 0 Å². The maximum atomic E-state index is 13.3. The summed E-state index contributed by atoms with van der Waals surface area (Å²) in [6, 6.07) is 14.0.